The molecule has 0 radical (unpaired) electrons. The van der Waals surface area contributed by atoms with Crippen molar-refractivity contribution in [1.29, 1.82) is 0 Å². The highest BCUT2D eigenvalue weighted by atomic mass is 35.5. The summed E-state index contributed by atoms with van der Waals surface area (Å²) in [6, 6.07) is 9.69. The summed E-state index contributed by atoms with van der Waals surface area (Å²) in [6.07, 6.45) is 2.06. The molecule has 0 aliphatic heterocycles. The molecular formula is C17H13Cl2N3O3. The molecule has 1 amide bonds. The van der Waals surface area contributed by atoms with Crippen LogP contribution in [-0.2, 0) is 6.42 Å². The van der Waals surface area contributed by atoms with Gasteiger partial charge in [-0.05, 0) is 24.1 Å². The minimum Gasteiger partial charge on any atom is -0.360 e. The third-order valence-electron chi connectivity index (χ3n) is 3.83. The second-order valence-electron chi connectivity index (χ2n) is 5.41. The Hall–Kier alpha value is -2.57. The van der Waals surface area contributed by atoms with Crippen molar-refractivity contribution in [3.05, 3.63) is 73.9 Å². The van der Waals surface area contributed by atoms with E-state index < -0.39 is 4.92 Å². The van der Waals surface area contributed by atoms with Gasteiger partial charge in [-0.15, -0.1) is 0 Å². The lowest BCUT2D eigenvalue weighted by Crippen LogP contribution is -2.25. The van der Waals surface area contributed by atoms with E-state index in [0.717, 1.165) is 5.56 Å². The van der Waals surface area contributed by atoms with E-state index >= 15 is 0 Å². The Morgan fingerprint density at radius 1 is 1.24 bits per heavy atom. The summed E-state index contributed by atoms with van der Waals surface area (Å²) in [4.78, 5) is 25.7. The molecule has 6 nitrogen and oxygen atoms in total. The average molecular weight is 378 g/mol. The maximum Gasteiger partial charge on any atom is 0.270 e. The van der Waals surface area contributed by atoms with Gasteiger partial charge in [0.05, 0.1) is 20.5 Å². The SMILES string of the molecule is O=C(NCCc1cccc(Cl)c1Cl)c1c[nH]c2ccc([N+](=O)[O-])cc12. The van der Waals surface area contributed by atoms with Crippen molar-refractivity contribution < 1.29 is 9.72 Å². The molecule has 0 unspecified atom stereocenters. The summed E-state index contributed by atoms with van der Waals surface area (Å²) in [5.74, 6) is -0.315. The number of nitro benzene ring substituents is 1. The highest BCUT2D eigenvalue weighted by Gasteiger charge is 2.15. The van der Waals surface area contributed by atoms with E-state index in [-0.39, 0.29) is 11.6 Å². The third-order valence-corrected chi connectivity index (χ3v) is 4.69. The Labute approximate surface area is 152 Å². The van der Waals surface area contributed by atoms with Crippen LogP contribution in [0, 0.1) is 10.1 Å². The van der Waals surface area contributed by atoms with Crippen LogP contribution in [0.5, 0.6) is 0 Å². The fourth-order valence-corrected chi connectivity index (χ4v) is 2.97. The monoisotopic (exact) mass is 377 g/mol. The third kappa shape index (κ3) is 3.60. The lowest BCUT2D eigenvalue weighted by molar-refractivity contribution is -0.384. The first-order chi connectivity index (χ1) is 12.0. The van der Waals surface area contributed by atoms with Crippen LogP contribution >= 0.6 is 23.2 Å². The summed E-state index contributed by atoms with van der Waals surface area (Å²) in [5, 5.41) is 15.1. The molecule has 1 heterocycles. The number of aromatic amines is 1. The van der Waals surface area contributed by atoms with Crippen LogP contribution in [0.4, 0.5) is 5.69 Å². The van der Waals surface area contributed by atoms with E-state index in [1.54, 1.807) is 18.2 Å². The van der Waals surface area contributed by atoms with Gasteiger partial charge in [-0.2, -0.15) is 0 Å². The molecule has 2 N–H and O–H groups in total. The number of carbonyl (C=O) groups is 1. The molecule has 0 saturated heterocycles. The molecule has 128 valence electrons. The topological polar surface area (TPSA) is 88.0 Å². The van der Waals surface area contributed by atoms with Crippen LogP contribution in [0.15, 0.2) is 42.6 Å². The molecule has 0 bridgehead atoms. The number of amides is 1. The smallest absolute Gasteiger partial charge is 0.270 e. The fourth-order valence-electron chi connectivity index (χ4n) is 2.56. The number of nitrogens with zero attached hydrogens (tertiary/aromatic N) is 1. The van der Waals surface area contributed by atoms with E-state index in [2.05, 4.69) is 10.3 Å². The van der Waals surface area contributed by atoms with Gasteiger partial charge < -0.3 is 10.3 Å². The van der Waals surface area contributed by atoms with Crippen molar-refractivity contribution in [2.24, 2.45) is 0 Å². The molecule has 8 heteroatoms. The molecule has 3 rings (SSSR count). The Balaban J connectivity index is 1.73. The molecule has 25 heavy (non-hydrogen) atoms. The Kier molecular flexibility index (Phi) is 4.92. The maximum atomic E-state index is 12.4. The maximum absolute atomic E-state index is 12.4. The Morgan fingerprint density at radius 3 is 2.80 bits per heavy atom. The second kappa shape index (κ2) is 7.13. The molecule has 0 atom stereocenters. The van der Waals surface area contributed by atoms with Crippen molar-refractivity contribution in [1.82, 2.24) is 10.3 Å². The van der Waals surface area contributed by atoms with Gasteiger partial charge in [0.15, 0.2) is 0 Å². The molecule has 1 aromatic heterocycles. The number of halogens is 2. The predicted octanol–water partition coefficient (Wildman–Crippen LogP) is 4.36. The van der Waals surface area contributed by atoms with Gasteiger partial charge in [-0.25, -0.2) is 0 Å². The number of non-ortho nitro benzene ring substituents is 1. The molecule has 2 aromatic carbocycles. The predicted molar refractivity (Wildman–Crippen MR) is 97.5 cm³/mol. The quantitative estimate of drug-likeness (QED) is 0.511. The van der Waals surface area contributed by atoms with Crippen molar-refractivity contribution in [2.45, 2.75) is 6.42 Å². The van der Waals surface area contributed by atoms with E-state index in [1.807, 2.05) is 6.07 Å². The van der Waals surface area contributed by atoms with E-state index in [9.17, 15) is 14.9 Å². The van der Waals surface area contributed by atoms with Gasteiger partial charge in [0.1, 0.15) is 0 Å². The number of hydrogen-bond donors (Lipinski definition) is 2. The molecule has 0 fully saturated rings. The zero-order valence-corrected chi connectivity index (χ0v) is 14.4. The summed E-state index contributed by atoms with van der Waals surface area (Å²) >= 11 is 12.1. The first kappa shape index (κ1) is 17.3. The largest absolute Gasteiger partial charge is 0.360 e. The zero-order valence-electron chi connectivity index (χ0n) is 12.9. The fraction of sp³-hybridized carbons (Fsp3) is 0.118. The second-order valence-corrected chi connectivity index (χ2v) is 6.19. The number of fused-ring (bicyclic) bond motifs is 1. The summed E-state index contributed by atoms with van der Waals surface area (Å²) in [6.45, 7) is 0.362. The number of hydrogen-bond acceptors (Lipinski definition) is 3. The molecule has 0 spiro atoms. The van der Waals surface area contributed by atoms with E-state index in [4.69, 9.17) is 23.2 Å². The first-order valence-corrected chi connectivity index (χ1v) is 8.19. The van der Waals surface area contributed by atoms with Gasteiger partial charge in [0.2, 0.25) is 0 Å². The number of rotatable bonds is 5. The number of H-pyrrole nitrogens is 1. The van der Waals surface area contributed by atoms with Gasteiger partial charge in [0.25, 0.3) is 11.6 Å². The minimum atomic E-state index is -0.491. The first-order valence-electron chi connectivity index (χ1n) is 7.44. The summed E-state index contributed by atoms with van der Waals surface area (Å²) < 4.78 is 0. The van der Waals surface area contributed by atoms with Crippen molar-refractivity contribution in [3.63, 3.8) is 0 Å². The Bertz CT molecular complexity index is 969. The molecule has 3 aromatic rings. The average Bonchev–Trinajstić information content (AvgIpc) is 3.01. The molecule has 0 aliphatic rings. The van der Waals surface area contributed by atoms with Gasteiger partial charge in [0, 0.05) is 35.8 Å². The lowest BCUT2D eigenvalue weighted by atomic mass is 10.1. The zero-order chi connectivity index (χ0) is 18.0. The minimum absolute atomic E-state index is 0.0631. The van der Waals surface area contributed by atoms with Crippen molar-refractivity contribution in [3.8, 4) is 0 Å². The number of carbonyl (C=O) groups excluding carboxylic acids is 1. The summed E-state index contributed by atoms with van der Waals surface area (Å²) in [5.41, 5.74) is 1.79. The molecule has 0 aliphatic carbocycles. The Morgan fingerprint density at radius 2 is 2.04 bits per heavy atom. The van der Waals surface area contributed by atoms with Crippen LogP contribution in [0.2, 0.25) is 10.0 Å². The van der Waals surface area contributed by atoms with Crippen LogP contribution < -0.4 is 5.32 Å². The normalized spacial score (nSPS) is 10.8. The number of nitrogens with one attached hydrogen (secondary N) is 2. The number of aromatic nitrogens is 1. The van der Waals surface area contributed by atoms with E-state index in [0.29, 0.717) is 39.5 Å². The van der Waals surface area contributed by atoms with Crippen LogP contribution in [0.1, 0.15) is 15.9 Å². The molecular weight excluding hydrogens is 365 g/mol. The van der Waals surface area contributed by atoms with Crippen molar-refractivity contribution >= 4 is 45.7 Å². The number of nitro groups is 1. The van der Waals surface area contributed by atoms with Gasteiger partial charge in [-0.3, -0.25) is 14.9 Å². The van der Waals surface area contributed by atoms with E-state index in [1.165, 1.54) is 18.3 Å². The van der Waals surface area contributed by atoms with Crippen LogP contribution in [0.25, 0.3) is 10.9 Å². The number of benzene rings is 2. The van der Waals surface area contributed by atoms with Gasteiger partial charge in [-0.1, -0.05) is 35.3 Å². The summed E-state index contributed by atoms with van der Waals surface area (Å²) in [7, 11) is 0. The van der Waals surface area contributed by atoms with Crippen LogP contribution in [0.3, 0.4) is 0 Å². The molecule has 0 saturated carbocycles. The standard InChI is InChI=1S/C17H13Cl2N3O3/c18-14-3-1-2-10(16(14)19)6-7-20-17(23)13-9-21-15-5-4-11(22(24)25)8-12(13)15/h1-5,8-9,21H,6-7H2,(H,20,23). The highest BCUT2D eigenvalue weighted by molar-refractivity contribution is 6.42. The lowest BCUT2D eigenvalue weighted by Gasteiger charge is -2.07. The highest BCUT2D eigenvalue weighted by Crippen LogP contribution is 2.26. The van der Waals surface area contributed by atoms with Crippen LogP contribution in [-0.4, -0.2) is 22.4 Å². The van der Waals surface area contributed by atoms with Crippen molar-refractivity contribution in [2.75, 3.05) is 6.54 Å². The van der Waals surface area contributed by atoms with Gasteiger partial charge >= 0.3 is 0 Å².